The molecule has 2 heterocycles. The van der Waals surface area contributed by atoms with Crippen LogP contribution in [0.5, 0.6) is 0 Å². The van der Waals surface area contributed by atoms with Gasteiger partial charge in [-0.05, 0) is 36.6 Å². The van der Waals surface area contributed by atoms with E-state index in [-0.39, 0.29) is 11.8 Å². The fraction of sp³-hybridized carbons (Fsp3) is 0.412. The van der Waals surface area contributed by atoms with Gasteiger partial charge in [-0.15, -0.1) is 0 Å². The summed E-state index contributed by atoms with van der Waals surface area (Å²) in [5.41, 5.74) is 8.95. The summed E-state index contributed by atoms with van der Waals surface area (Å²) in [6.07, 6.45) is 4.89. The number of aromatic nitrogens is 1. The maximum atomic E-state index is 11.4. The second-order valence-electron chi connectivity index (χ2n) is 5.77. The Balaban J connectivity index is 1.98. The molecule has 21 heavy (non-hydrogen) atoms. The third-order valence-electron chi connectivity index (χ3n) is 4.25. The molecule has 1 saturated heterocycles. The second kappa shape index (κ2) is 5.72. The van der Waals surface area contributed by atoms with Crippen molar-refractivity contribution in [1.29, 1.82) is 0 Å². The number of hydrogen-bond donors (Lipinski definition) is 1. The van der Waals surface area contributed by atoms with Crippen LogP contribution >= 0.6 is 0 Å². The highest BCUT2D eigenvalue weighted by Crippen LogP contribution is 2.30. The molecule has 1 aromatic heterocycles. The first-order chi connectivity index (χ1) is 10.2. The van der Waals surface area contributed by atoms with E-state index in [2.05, 4.69) is 35.0 Å². The number of aryl methyl sites for hydroxylation is 1. The van der Waals surface area contributed by atoms with Crippen molar-refractivity contribution >= 4 is 22.5 Å². The zero-order valence-corrected chi connectivity index (χ0v) is 12.4. The third kappa shape index (κ3) is 2.71. The van der Waals surface area contributed by atoms with E-state index in [0.29, 0.717) is 6.54 Å². The van der Waals surface area contributed by atoms with Crippen molar-refractivity contribution in [2.45, 2.75) is 26.2 Å². The lowest BCUT2D eigenvalue weighted by Crippen LogP contribution is -2.27. The summed E-state index contributed by atoms with van der Waals surface area (Å²) in [5, 5.41) is 1.17. The van der Waals surface area contributed by atoms with E-state index in [9.17, 15) is 4.79 Å². The van der Waals surface area contributed by atoms with Crippen LogP contribution in [-0.2, 0) is 11.2 Å². The average Bonchev–Trinajstić information content (AvgIpc) is 2.97. The number of hydrogen-bond acceptors (Lipinski definition) is 3. The molecule has 2 aromatic rings. The number of nitrogens with zero attached hydrogens (tertiary/aromatic N) is 2. The van der Waals surface area contributed by atoms with Gasteiger partial charge in [0, 0.05) is 30.4 Å². The fourth-order valence-electron chi connectivity index (χ4n) is 3.11. The van der Waals surface area contributed by atoms with Gasteiger partial charge in [0.15, 0.2) is 0 Å². The molecule has 1 amide bonds. The number of amides is 1. The molecule has 1 unspecified atom stereocenters. The van der Waals surface area contributed by atoms with Crippen molar-refractivity contribution in [2.75, 3.05) is 18.0 Å². The van der Waals surface area contributed by atoms with Gasteiger partial charge in [0.25, 0.3) is 0 Å². The zero-order chi connectivity index (χ0) is 14.8. The van der Waals surface area contributed by atoms with Gasteiger partial charge in [0.2, 0.25) is 5.91 Å². The molecule has 0 saturated carbocycles. The number of benzene rings is 1. The van der Waals surface area contributed by atoms with Crippen LogP contribution in [0.3, 0.4) is 0 Å². The Hall–Kier alpha value is -2.10. The van der Waals surface area contributed by atoms with Gasteiger partial charge >= 0.3 is 0 Å². The van der Waals surface area contributed by atoms with E-state index in [0.717, 1.165) is 31.3 Å². The van der Waals surface area contributed by atoms with Crippen LogP contribution in [-0.4, -0.2) is 24.0 Å². The number of nitrogens with two attached hydrogens (primary N) is 1. The van der Waals surface area contributed by atoms with E-state index < -0.39 is 0 Å². The molecule has 0 spiro atoms. The van der Waals surface area contributed by atoms with Crippen LogP contribution in [0, 0.1) is 5.92 Å². The van der Waals surface area contributed by atoms with E-state index in [4.69, 9.17) is 5.73 Å². The molecule has 1 aliphatic rings. The molecule has 1 aliphatic heterocycles. The van der Waals surface area contributed by atoms with Gasteiger partial charge in [0.1, 0.15) is 0 Å². The zero-order valence-electron chi connectivity index (χ0n) is 12.4. The van der Waals surface area contributed by atoms with Crippen LogP contribution < -0.4 is 10.6 Å². The summed E-state index contributed by atoms with van der Waals surface area (Å²) >= 11 is 0. The Bertz CT molecular complexity index is 668. The van der Waals surface area contributed by atoms with Crippen LogP contribution in [0.15, 0.2) is 30.5 Å². The second-order valence-corrected chi connectivity index (χ2v) is 5.77. The lowest BCUT2D eigenvalue weighted by atomic mass is 10.1. The summed E-state index contributed by atoms with van der Waals surface area (Å²) in [7, 11) is 0. The largest absolute Gasteiger partial charge is 0.370 e. The lowest BCUT2D eigenvalue weighted by molar-refractivity contribution is -0.121. The van der Waals surface area contributed by atoms with Crippen LogP contribution in [0.2, 0.25) is 0 Å². The number of carbonyl (C=O) groups is 1. The number of primary amides is 1. The molecule has 0 bridgehead atoms. The molecule has 4 nitrogen and oxygen atoms in total. The van der Waals surface area contributed by atoms with Crippen LogP contribution in [0.25, 0.3) is 10.9 Å². The van der Waals surface area contributed by atoms with Crippen molar-refractivity contribution in [3.63, 3.8) is 0 Å². The summed E-state index contributed by atoms with van der Waals surface area (Å²) < 4.78 is 0. The topological polar surface area (TPSA) is 59.2 Å². The number of anilines is 1. The van der Waals surface area contributed by atoms with Crippen molar-refractivity contribution in [3.05, 3.63) is 36.0 Å². The maximum Gasteiger partial charge on any atom is 0.222 e. The van der Waals surface area contributed by atoms with Crippen molar-refractivity contribution in [1.82, 2.24) is 4.98 Å². The van der Waals surface area contributed by atoms with Gasteiger partial charge in [-0.3, -0.25) is 9.78 Å². The molecule has 0 aliphatic carbocycles. The summed E-state index contributed by atoms with van der Waals surface area (Å²) in [6, 6.07) is 8.52. The van der Waals surface area contributed by atoms with E-state index in [1.807, 2.05) is 12.3 Å². The van der Waals surface area contributed by atoms with E-state index >= 15 is 0 Å². The third-order valence-corrected chi connectivity index (χ3v) is 4.25. The average molecular weight is 283 g/mol. The minimum atomic E-state index is -0.192. The summed E-state index contributed by atoms with van der Waals surface area (Å²) in [4.78, 5) is 18.1. The summed E-state index contributed by atoms with van der Waals surface area (Å²) in [5.74, 6) is -0.227. The van der Waals surface area contributed by atoms with E-state index in [1.165, 1.54) is 16.6 Å². The highest BCUT2D eigenvalue weighted by molar-refractivity contribution is 5.92. The first-order valence-corrected chi connectivity index (χ1v) is 7.61. The molecule has 1 fully saturated rings. The Morgan fingerprint density at radius 3 is 3.00 bits per heavy atom. The van der Waals surface area contributed by atoms with Gasteiger partial charge in [0.05, 0.1) is 11.4 Å². The van der Waals surface area contributed by atoms with Gasteiger partial charge in [-0.2, -0.15) is 0 Å². The molecule has 0 radical (unpaired) electrons. The van der Waals surface area contributed by atoms with E-state index in [1.54, 1.807) is 0 Å². The molecule has 1 aromatic carbocycles. The number of fused-ring (bicyclic) bond motifs is 1. The molecule has 1 atom stereocenters. The Kier molecular flexibility index (Phi) is 3.78. The summed E-state index contributed by atoms with van der Waals surface area (Å²) in [6.45, 7) is 3.78. The predicted molar refractivity (Wildman–Crippen MR) is 85.3 cm³/mol. The van der Waals surface area contributed by atoms with Crippen LogP contribution in [0.4, 0.5) is 5.69 Å². The fourth-order valence-corrected chi connectivity index (χ4v) is 3.11. The van der Waals surface area contributed by atoms with Gasteiger partial charge in [-0.25, -0.2) is 0 Å². The van der Waals surface area contributed by atoms with Crippen LogP contribution in [0.1, 0.15) is 25.3 Å². The molecule has 4 heteroatoms. The predicted octanol–water partition coefficient (Wildman–Crippen LogP) is 2.50. The van der Waals surface area contributed by atoms with Gasteiger partial charge in [-0.1, -0.05) is 19.4 Å². The minimum absolute atomic E-state index is 0.0351. The number of pyridine rings is 1. The number of rotatable bonds is 4. The molecular formula is C17H21N3O. The quantitative estimate of drug-likeness (QED) is 0.938. The monoisotopic (exact) mass is 283 g/mol. The van der Waals surface area contributed by atoms with Crippen molar-refractivity contribution in [2.24, 2.45) is 11.7 Å². The molecule has 3 rings (SSSR count). The Morgan fingerprint density at radius 1 is 1.43 bits per heavy atom. The highest BCUT2D eigenvalue weighted by atomic mass is 16.1. The van der Waals surface area contributed by atoms with Crippen molar-refractivity contribution < 1.29 is 4.79 Å². The first kappa shape index (κ1) is 13.9. The Labute approximate surface area is 125 Å². The van der Waals surface area contributed by atoms with Gasteiger partial charge < -0.3 is 10.6 Å². The Morgan fingerprint density at radius 2 is 2.29 bits per heavy atom. The molecule has 2 N–H and O–H groups in total. The highest BCUT2D eigenvalue weighted by Gasteiger charge is 2.27. The SMILES string of the molecule is CCCc1ccc2nccc(N3CCC(C(N)=O)C3)c2c1. The standard InChI is InChI=1S/C17H21N3O/c1-2-3-12-4-5-15-14(10-12)16(6-8-19-15)20-9-7-13(11-20)17(18)21/h4-6,8,10,13H,2-3,7,9,11H2,1H3,(H2,18,21). The lowest BCUT2D eigenvalue weighted by Gasteiger charge is -2.20. The van der Waals surface area contributed by atoms with Crippen molar-refractivity contribution in [3.8, 4) is 0 Å². The first-order valence-electron chi connectivity index (χ1n) is 7.61. The smallest absolute Gasteiger partial charge is 0.222 e. The number of carbonyl (C=O) groups excluding carboxylic acids is 1. The minimum Gasteiger partial charge on any atom is -0.370 e. The molecule has 110 valence electrons. The maximum absolute atomic E-state index is 11.4. The molecular weight excluding hydrogens is 262 g/mol. The normalized spacial score (nSPS) is 18.3.